The highest BCUT2D eigenvalue weighted by molar-refractivity contribution is 7.99. The molecule has 122 valence electrons. The van der Waals surface area contributed by atoms with E-state index >= 15 is 0 Å². The molecular weight excluding hydrogens is 296 g/mol. The van der Waals surface area contributed by atoms with E-state index in [1.165, 1.54) is 25.7 Å². The molecule has 0 aromatic carbocycles. The van der Waals surface area contributed by atoms with Gasteiger partial charge in [-0.3, -0.25) is 0 Å². The Kier molecular flexibility index (Phi) is 5.23. The number of aromatic nitrogens is 3. The maximum absolute atomic E-state index is 4.71. The van der Waals surface area contributed by atoms with Crippen LogP contribution in [0.25, 0.3) is 0 Å². The number of hydrogen-bond acceptors (Lipinski definition) is 4. The third-order valence-electron chi connectivity index (χ3n) is 4.47. The van der Waals surface area contributed by atoms with Crippen LogP contribution in [0.5, 0.6) is 0 Å². The molecule has 0 radical (unpaired) electrons. The zero-order valence-corrected chi connectivity index (χ0v) is 14.3. The first-order valence-electron chi connectivity index (χ1n) is 8.28. The van der Waals surface area contributed by atoms with Gasteiger partial charge in [0, 0.05) is 30.8 Å². The molecule has 1 aromatic heterocycles. The number of thioether (sulfide) groups is 1. The van der Waals surface area contributed by atoms with Crippen molar-refractivity contribution in [2.24, 2.45) is 4.99 Å². The summed E-state index contributed by atoms with van der Waals surface area (Å²) in [6.45, 7) is 4.62. The van der Waals surface area contributed by atoms with Crippen LogP contribution in [0.4, 0.5) is 0 Å². The van der Waals surface area contributed by atoms with Gasteiger partial charge in [0.15, 0.2) is 11.8 Å². The molecular formula is C15H26N6S. The first kappa shape index (κ1) is 15.6. The summed E-state index contributed by atoms with van der Waals surface area (Å²) >= 11 is 1.98. The lowest BCUT2D eigenvalue weighted by atomic mass is 10.2. The van der Waals surface area contributed by atoms with Crippen LogP contribution in [0.15, 0.2) is 4.99 Å². The summed E-state index contributed by atoms with van der Waals surface area (Å²) in [5.41, 5.74) is 0. The van der Waals surface area contributed by atoms with E-state index in [2.05, 4.69) is 38.6 Å². The largest absolute Gasteiger partial charge is 0.357 e. The molecule has 7 heteroatoms. The SMILES string of the molecule is CCNC(=NCc1nnc2n1CCC2)NC1CCC(SC)C1. The minimum absolute atomic E-state index is 0.541. The van der Waals surface area contributed by atoms with Crippen LogP contribution in [0.3, 0.4) is 0 Å². The second kappa shape index (κ2) is 7.35. The molecule has 1 fully saturated rings. The quantitative estimate of drug-likeness (QED) is 0.636. The van der Waals surface area contributed by atoms with Gasteiger partial charge in [-0.2, -0.15) is 11.8 Å². The number of rotatable bonds is 5. The third-order valence-corrected chi connectivity index (χ3v) is 5.56. The number of hydrogen-bond donors (Lipinski definition) is 2. The van der Waals surface area contributed by atoms with Crippen LogP contribution in [0.1, 0.15) is 44.3 Å². The van der Waals surface area contributed by atoms with Gasteiger partial charge in [0.25, 0.3) is 0 Å². The minimum atomic E-state index is 0.541. The van der Waals surface area contributed by atoms with Crippen LogP contribution in [-0.2, 0) is 19.5 Å². The van der Waals surface area contributed by atoms with Gasteiger partial charge in [-0.25, -0.2) is 4.99 Å². The second-order valence-electron chi connectivity index (χ2n) is 5.99. The van der Waals surface area contributed by atoms with Gasteiger partial charge in [-0.1, -0.05) is 0 Å². The summed E-state index contributed by atoms with van der Waals surface area (Å²) in [5.74, 6) is 3.00. The van der Waals surface area contributed by atoms with Crippen LogP contribution >= 0.6 is 11.8 Å². The Morgan fingerprint density at radius 3 is 3.09 bits per heavy atom. The molecule has 2 aliphatic rings. The van der Waals surface area contributed by atoms with E-state index in [0.29, 0.717) is 12.6 Å². The summed E-state index contributed by atoms with van der Waals surface area (Å²) in [7, 11) is 0. The zero-order chi connectivity index (χ0) is 15.4. The maximum atomic E-state index is 4.71. The molecule has 0 saturated heterocycles. The van der Waals surface area contributed by atoms with Crippen molar-refractivity contribution in [1.82, 2.24) is 25.4 Å². The molecule has 2 unspecified atom stereocenters. The molecule has 1 saturated carbocycles. The smallest absolute Gasteiger partial charge is 0.191 e. The van der Waals surface area contributed by atoms with Gasteiger partial charge >= 0.3 is 0 Å². The fourth-order valence-electron chi connectivity index (χ4n) is 3.28. The predicted molar refractivity (Wildman–Crippen MR) is 91.2 cm³/mol. The average molecular weight is 322 g/mol. The fourth-order valence-corrected chi connectivity index (χ4v) is 4.07. The Hall–Kier alpha value is -1.24. The van der Waals surface area contributed by atoms with E-state index in [4.69, 9.17) is 4.99 Å². The lowest BCUT2D eigenvalue weighted by Crippen LogP contribution is -2.42. The number of guanidine groups is 1. The molecule has 1 aliphatic carbocycles. The van der Waals surface area contributed by atoms with Crippen molar-refractivity contribution in [3.05, 3.63) is 11.6 Å². The van der Waals surface area contributed by atoms with Gasteiger partial charge in [0.05, 0.1) is 0 Å². The first-order chi connectivity index (χ1) is 10.8. The Balaban J connectivity index is 1.60. The highest BCUT2D eigenvalue weighted by atomic mass is 32.2. The van der Waals surface area contributed by atoms with Crippen molar-refractivity contribution < 1.29 is 0 Å². The molecule has 1 aliphatic heterocycles. The molecule has 3 rings (SSSR count). The number of nitrogens with zero attached hydrogens (tertiary/aromatic N) is 4. The van der Waals surface area contributed by atoms with Gasteiger partial charge in [0.2, 0.25) is 0 Å². The van der Waals surface area contributed by atoms with E-state index in [1.54, 1.807) is 0 Å². The predicted octanol–water partition coefficient (Wildman–Crippen LogP) is 1.56. The zero-order valence-electron chi connectivity index (χ0n) is 13.5. The Morgan fingerprint density at radius 2 is 2.32 bits per heavy atom. The number of fused-ring (bicyclic) bond motifs is 1. The van der Waals surface area contributed by atoms with Crippen LogP contribution in [0.2, 0.25) is 0 Å². The maximum Gasteiger partial charge on any atom is 0.191 e. The summed E-state index contributed by atoms with van der Waals surface area (Å²) in [6.07, 6.45) is 8.20. The van der Waals surface area contributed by atoms with E-state index in [-0.39, 0.29) is 0 Å². The minimum Gasteiger partial charge on any atom is -0.357 e. The van der Waals surface area contributed by atoms with Crippen molar-refractivity contribution >= 4 is 17.7 Å². The van der Waals surface area contributed by atoms with E-state index in [9.17, 15) is 0 Å². The number of aryl methyl sites for hydroxylation is 1. The van der Waals surface area contributed by atoms with Gasteiger partial charge in [-0.05, 0) is 38.9 Å². The fraction of sp³-hybridized carbons (Fsp3) is 0.800. The van der Waals surface area contributed by atoms with Crippen molar-refractivity contribution in [3.8, 4) is 0 Å². The Morgan fingerprint density at radius 1 is 1.41 bits per heavy atom. The van der Waals surface area contributed by atoms with Gasteiger partial charge < -0.3 is 15.2 Å². The van der Waals surface area contributed by atoms with Crippen molar-refractivity contribution in [3.63, 3.8) is 0 Å². The van der Waals surface area contributed by atoms with E-state index < -0.39 is 0 Å². The molecule has 0 amide bonds. The lowest BCUT2D eigenvalue weighted by Gasteiger charge is -2.17. The van der Waals surface area contributed by atoms with Crippen LogP contribution in [0, 0.1) is 0 Å². The van der Waals surface area contributed by atoms with E-state index in [0.717, 1.165) is 42.4 Å². The third kappa shape index (κ3) is 3.56. The van der Waals surface area contributed by atoms with Crippen molar-refractivity contribution in [2.45, 2.75) is 63.4 Å². The van der Waals surface area contributed by atoms with Gasteiger partial charge in [-0.15, -0.1) is 10.2 Å². The second-order valence-corrected chi connectivity index (χ2v) is 7.13. The normalized spacial score (nSPS) is 24.5. The lowest BCUT2D eigenvalue weighted by molar-refractivity contribution is 0.612. The van der Waals surface area contributed by atoms with Crippen LogP contribution in [-0.4, -0.2) is 44.8 Å². The Labute approximate surface area is 136 Å². The van der Waals surface area contributed by atoms with Crippen molar-refractivity contribution in [1.29, 1.82) is 0 Å². The molecule has 22 heavy (non-hydrogen) atoms. The van der Waals surface area contributed by atoms with Gasteiger partial charge in [0.1, 0.15) is 12.4 Å². The first-order valence-corrected chi connectivity index (χ1v) is 9.57. The van der Waals surface area contributed by atoms with Crippen LogP contribution < -0.4 is 10.6 Å². The highest BCUT2D eigenvalue weighted by Crippen LogP contribution is 2.28. The summed E-state index contributed by atoms with van der Waals surface area (Å²) in [4.78, 5) is 4.71. The molecule has 1 aromatic rings. The molecule has 6 nitrogen and oxygen atoms in total. The standard InChI is InChI=1S/C15H26N6S/c1-3-16-15(18-11-6-7-12(9-11)22-2)17-10-14-20-19-13-5-4-8-21(13)14/h11-12H,3-10H2,1-2H3,(H2,16,17,18). The molecule has 2 N–H and O–H groups in total. The van der Waals surface area contributed by atoms with Crippen molar-refractivity contribution in [2.75, 3.05) is 12.8 Å². The number of aliphatic imine (C=N–C) groups is 1. The highest BCUT2D eigenvalue weighted by Gasteiger charge is 2.24. The summed E-state index contributed by atoms with van der Waals surface area (Å²) < 4.78 is 2.21. The molecule has 2 atom stereocenters. The molecule has 0 bridgehead atoms. The number of nitrogens with one attached hydrogen (secondary N) is 2. The van der Waals surface area contributed by atoms with E-state index in [1.807, 2.05) is 11.8 Å². The summed E-state index contributed by atoms with van der Waals surface area (Å²) in [6, 6.07) is 0.541. The summed E-state index contributed by atoms with van der Waals surface area (Å²) in [5, 5.41) is 16.2. The monoisotopic (exact) mass is 322 g/mol. The average Bonchev–Trinajstić information content (AvgIpc) is 3.22. The topological polar surface area (TPSA) is 67.1 Å². The molecule has 2 heterocycles. The molecule has 0 spiro atoms. The Bertz CT molecular complexity index is 526.